The van der Waals surface area contributed by atoms with E-state index in [1.807, 2.05) is 0 Å². The van der Waals surface area contributed by atoms with Crippen molar-refractivity contribution in [1.29, 1.82) is 0 Å². The molecular formula is C32H27NOSn. The summed E-state index contributed by atoms with van der Waals surface area (Å²) in [5.74, 6) is 0. The van der Waals surface area contributed by atoms with Crippen LogP contribution in [0.5, 0.6) is 0 Å². The van der Waals surface area contributed by atoms with Gasteiger partial charge in [-0.2, -0.15) is 0 Å². The summed E-state index contributed by atoms with van der Waals surface area (Å²) in [7, 11) is 0. The van der Waals surface area contributed by atoms with Gasteiger partial charge in [0.15, 0.2) is 0 Å². The minimum atomic E-state index is -0.899. The summed E-state index contributed by atoms with van der Waals surface area (Å²) in [5, 5.41) is 4.92. The Bertz CT molecular complexity index is 1610. The number of nitrogens with zero attached hydrogens (tertiary/aromatic N) is 1. The van der Waals surface area contributed by atoms with Crippen LogP contribution in [0.25, 0.3) is 43.8 Å². The van der Waals surface area contributed by atoms with Crippen LogP contribution in [0.3, 0.4) is 0 Å². The molecule has 6 aromatic rings. The Hall–Kier alpha value is -3.24. The Labute approximate surface area is 216 Å². The van der Waals surface area contributed by atoms with Gasteiger partial charge < -0.3 is 0 Å². The Morgan fingerprint density at radius 3 is 2.23 bits per heavy atom. The summed E-state index contributed by atoms with van der Waals surface area (Å²) in [4.78, 5) is 0. The van der Waals surface area contributed by atoms with Crippen molar-refractivity contribution >= 4 is 65.5 Å². The molecule has 0 unspecified atom stereocenters. The molecule has 0 aliphatic heterocycles. The van der Waals surface area contributed by atoms with Gasteiger partial charge in [-0.25, -0.2) is 0 Å². The number of rotatable bonds is 7. The summed E-state index contributed by atoms with van der Waals surface area (Å²) in [5.41, 5.74) is 6.79. The molecule has 2 radical (unpaired) electrons. The maximum atomic E-state index is 6.87. The number of benzene rings is 5. The van der Waals surface area contributed by atoms with Gasteiger partial charge in [0.25, 0.3) is 0 Å². The van der Waals surface area contributed by atoms with Crippen molar-refractivity contribution in [3.63, 3.8) is 0 Å². The maximum absolute atomic E-state index is 6.87. The third-order valence-electron chi connectivity index (χ3n) is 6.61. The number of hydrogen-bond donors (Lipinski definition) is 0. The number of para-hydroxylation sites is 2. The van der Waals surface area contributed by atoms with Crippen LogP contribution in [0.15, 0.2) is 114 Å². The quantitative estimate of drug-likeness (QED) is 0.143. The first-order valence-corrected chi connectivity index (χ1v) is 15.7. The molecule has 1 heterocycles. The summed E-state index contributed by atoms with van der Waals surface area (Å²) in [6.45, 7) is 2.28. The molecule has 0 spiro atoms. The molecule has 0 saturated carbocycles. The first-order chi connectivity index (χ1) is 17.3. The molecule has 3 heteroatoms. The molecule has 1 aromatic heterocycles. The fourth-order valence-corrected chi connectivity index (χ4v) is 8.91. The zero-order valence-electron chi connectivity index (χ0n) is 19.9. The van der Waals surface area contributed by atoms with Crippen LogP contribution in [0.2, 0.25) is 4.44 Å². The van der Waals surface area contributed by atoms with E-state index in [1.54, 1.807) is 0 Å². The van der Waals surface area contributed by atoms with Crippen LogP contribution in [-0.4, -0.2) is 21.4 Å². The number of fused-ring (bicyclic) bond motifs is 5. The average molecular weight is 560 g/mol. The first kappa shape index (κ1) is 22.2. The predicted octanol–water partition coefficient (Wildman–Crippen LogP) is 9.38. The molecule has 2 nitrogen and oxygen atoms in total. The molecule has 0 N–H and O–H groups in total. The third-order valence-corrected chi connectivity index (χ3v) is 10.6. The van der Waals surface area contributed by atoms with Gasteiger partial charge >= 0.3 is 218 Å². The van der Waals surface area contributed by atoms with E-state index in [-0.39, 0.29) is 0 Å². The van der Waals surface area contributed by atoms with E-state index in [4.69, 9.17) is 4.42 Å². The zero-order valence-corrected chi connectivity index (χ0v) is 22.7. The summed E-state index contributed by atoms with van der Waals surface area (Å²) in [6, 6.07) is 39.1. The molecule has 0 bridgehead atoms. The second-order valence-electron chi connectivity index (χ2n) is 8.90. The number of unbranched alkanes of at least 4 members (excludes halogenated alkanes) is 1. The predicted molar refractivity (Wildman–Crippen MR) is 151 cm³/mol. The van der Waals surface area contributed by atoms with Crippen molar-refractivity contribution < 1.29 is 4.42 Å². The van der Waals surface area contributed by atoms with Crippen molar-refractivity contribution in [2.45, 2.75) is 24.2 Å². The van der Waals surface area contributed by atoms with Crippen LogP contribution in [0.4, 0.5) is 11.4 Å². The molecule has 5 aromatic carbocycles. The SMILES string of the molecule is CCC[CH2][Sn][N](c1ccccc1)c1cc2ccccc2c2c1oc1c(-c3ccccc3)cccc12. The normalized spacial score (nSPS) is 11.5. The van der Waals surface area contributed by atoms with E-state index in [9.17, 15) is 0 Å². The van der Waals surface area contributed by atoms with Crippen molar-refractivity contribution in [3.8, 4) is 11.1 Å². The standard InChI is InChI=1S/C28H18NO.C4H9.Sn/c1-3-10-19(11-4-1)23-16-9-17-24-26-22-15-8-7-12-20(22)18-25(28(26)30-27(23)24)29-21-13-5-2-6-14-21;1-3-4-2;/h1-18H;1,3-4H2,2H3;/q-1;;+1. The van der Waals surface area contributed by atoms with Crippen molar-refractivity contribution in [2.24, 2.45) is 0 Å². The first-order valence-electron chi connectivity index (χ1n) is 12.4. The minimum absolute atomic E-state index is 0.899. The van der Waals surface area contributed by atoms with E-state index in [0.717, 1.165) is 16.7 Å². The van der Waals surface area contributed by atoms with Gasteiger partial charge in [-0.3, -0.25) is 0 Å². The topological polar surface area (TPSA) is 16.4 Å². The van der Waals surface area contributed by atoms with Gasteiger partial charge in [0.1, 0.15) is 0 Å². The van der Waals surface area contributed by atoms with Crippen LogP contribution in [0, 0.1) is 0 Å². The Morgan fingerprint density at radius 1 is 0.714 bits per heavy atom. The second kappa shape index (κ2) is 9.79. The van der Waals surface area contributed by atoms with Gasteiger partial charge in [-0.05, 0) is 0 Å². The van der Waals surface area contributed by atoms with E-state index in [2.05, 4.69) is 119 Å². The van der Waals surface area contributed by atoms with E-state index in [0.29, 0.717) is 0 Å². The van der Waals surface area contributed by atoms with Crippen molar-refractivity contribution in [3.05, 3.63) is 109 Å². The Kier molecular flexibility index (Phi) is 6.22. The molecular weight excluding hydrogens is 533 g/mol. The van der Waals surface area contributed by atoms with Crippen LogP contribution < -0.4 is 3.12 Å². The van der Waals surface area contributed by atoms with E-state index in [1.165, 1.54) is 55.8 Å². The van der Waals surface area contributed by atoms with E-state index >= 15 is 0 Å². The van der Waals surface area contributed by atoms with Crippen LogP contribution in [-0.2, 0) is 0 Å². The molecule has 0 atom stereocenters. The number of furan rings is 1. The fraction of sp³-hybridized carbons (Fsp3) is 0.125. The molecule has 0 amide bonds. The fourth-order valence-electron chi connectivity index (χ4n) is 4.90. The van der Waals surface area contributed by atoms with Crippen molar-refractivity contribution in [2.75, 3.05) is 3.12 Å². The summed E-state index contributed by atoms with van der Waals surface area (Å²) in [6.07, 6.45) is 2.52. The van der Waals surface area contributed by atoms with Gasteiger partial charge in [0, 0.05) is 0 Å². The summed E-state index contributed by atoms with van der Waals surface area (Å²) >= 11 is -0.899. The van der Waals surface area contributed by atoms with Gasteiger partial charge in [-0.15, -0.1) is 0 Å². The van der Waals surface area contributed by atoms with Gasteiger partial charge in [-0.1, -0.05) is 0 Å². The summed E-state index contributed by atoms with van der Waals surface area (Å²) < 4.78 is 10.8. The molecule has 0 aliphatic carbocycles. The van der Waals surface area contributed by atoms with E-state index < -0.39 is 21.4 Å². The zero-order chi connectivity index (χ0) is 23.6. The Balaban J connectivity index is 1.67. The van der Waals surface area contributed by atoms with Gasteiger partial charge in [0.05, 0.1) is 0 Å². The molecule has 0 saturated heterocycles. The number of anilines is 2. The Morgan fingerprint density at radius 2 is 1.43 bits per heavy atom. The van der Waals surface area contributed by atoms with Gasteiger partial charge in [0.2, 0.25) is 0 Å². The average Bonchev–Trinajstić information content (AvgIpc) is 3.32. The molecule has 0 aliphatic rings. The number of hydrogen-bond acceptors (Lipinski definition) is 2. The second-order valence-corrected chi connectivity index (χ2v) is 12.5. The third kappa shape index (κ3) is 4.10. The molecule has 170 valence electrons. The molecule has 6 rings (SSSR count). The monoisotopic (exact) mass is 561 g/mol. The van der Waals surface area contributed by atoms with Crippen molar-refractivity contribution in [1.82, 2.24) is 0 Å². The molecule has 0 fully saturated rings. The molecule has 35 heavy (non-hydrogen) atoms. The van der Waals surface area contributed by atoms with Crippen LogP contribution >= 0.6 is 0 Å². The van der Waals surface area contributed by atoms with Crippen LogP contribution in [0.1, 0.15) is 19.8 Å².